The van der Waals surface area contributed by atoms with E-state index in [9.17, 15) is 8.42 Å². The van der Waals surface area contributed by atoms with Gasteiger partial charge in [-0.15, -0.1) is 0 Å². The highest BCUT2D eigenvalue weighted by Gasteiger charge is 2.26. The number of H-pyrrole nitrogens is 1. The second-order valence-electron chi connectivity index (χ2n) is 6.85. The summed E-state index contributed by atoms with van der Waals surface area (Å²) in [6.45, 7) is 5.49. The standard InChI is InChI=1S/C21H26N2O3S/c1-15(2)20-18-7-4-5-8-19(18)23-21(20)27(24,25)17-11-9-16(10-12-17)26-14-6-13-22-3/h4-5,7-12,15,22-23H,6,13-14H2,1-3H3. The molecule has 2 aromatic carbocycles. The van der Waals surface area contributed by atoms with Crippen molar-refractivity contribution in [2.75, 3.05) is 20.2 Å². The van der Waals surface area contributed by atoms with Gasteiger partial charge in [0, 0.05) is 10.9 Å². The number of benzene rings is 2. The van der Waals surface area contributed by atoms with Gasteiger partial charge >= 0.3 is 0 Å². The minimum Gasteiger partial charge on any atom is -0.494 e. The third-order valence-corrected chi connectivity index (χ3v) is 6.28. The fraction of sp³-hybridized carbons (Fsp3) is 0.333. The van der Waals surface area contributed by atoms with E-state index in [2.05, 4.69) is 10.3 Å². The van der Waals surface area contributed by atoms with Crippen molar-refractivity contribution in [2.45, 2.75) is 36.1 Å². The summed E-state index contributed by atoms with van der Waals surface area (Å²) in [6, 6.07) is 14.3. The van der Waals surface area contributed by atoms with Gasteiger partial charge in [0.05, 0.1) is 11.5 Å². The topological polar surface area (TPSA) is 71.2 Å². The van der Waals surface area contributed by atoms with Crippen LogP contribution < -0.4 is 10.1 Å². The molecule has 0 saturated heterocycles. The van der Waals surface area contributed by atoms with Gasteiger partial charge in [-0.05, 0) is 61.8 Å². The highest BCUT2D eigenvalue weighted by molar-refractivity contribution is 7.91. The molecule has 27 heavy (non-hydrogen) atoms. The molecular formula is C21H26N2O3S. The third kappa shape index (κ3) is 4.01. The van der Waals surface area contributed by atoms with Gasteiger partial charge in [0.2, 0.25) is 9.84 Å². The smallest absolute Gasteiger partial charge is 0.222 e. The van der Waals surface area contributed by atoms with Crippen molar-refractivity contribution >= 4 is 20.7 Å². The molecule has 0 spiro atoms. The van der Waals surface area contributed by atoms with Crippen LogP contribution in [-0.4, -0.2) is 33.6 Å². The van der Waals surface area contributed by atoms with Gasteiger partial charge in [0.1, 0.15) is 10.8 Å². The van der Waals surface area contributed by atoms with E-state index in [0.29, 0.717) is 12.4 Å². The van der Waals surface area contributed by atoms with Crippen LogP contribution in [0.3, 0.4) is 0 Å². The van der Waals surface area contributed by atoms with Gasteiger partial charge in [-0.3, -0.25) is 0 Å². The highest BCUT2D eigenvalue weighted by Crippen LogP contribution is 2.35. The van der Waals surface area contributed by atoms with Gasteiger partial charge < -0.3 is 15.0 Å². The summed E-state index contributed by atoms with van der Waals surface area (Å²) in [7, 11) is -1.75. The monoisotopic (exact) mass is 386 g/mol. The first-order valence-corrected chi connectivity index (χ1v) is 10.7. The molecule has 0 saturated carbocycles. The number of nitrogens with one attached hydrogen (secondary N) is 2. The first-order chi connectivity index (χ1) is 12.9. The SMILES string of the molecule is CNCCCOc1ccc(S(=O)(=O)c2[nH]c3ccccc3c2C(C)C)cc1. The summed E-state index contributed by atoms with van der Waals surface area (Å²) in [5, 5.41) is 4.30. The van der Waals surface area contributed by atoms with Crippen LogP contribution in [0.5, 0.6) is 5.75 Å². The number of ether oxygens (including phenoxy) is 1. The molecule has 5 nitrogen and oxygen atoms in total. The van der Waals surface area contributed by atoms with E-state index in [0.717, 1.165) is 29.4 Å². The van der Waals surface area contributed by atoms with E-state index in [4.69, 9.17) is 4.74 Å². The Morgan fingerprint density at radius 3 is 2.44 bits per heavy atom. The minimum absolute atomic E-state index is 0.0840. The molecule has 0 fully saturated rings. The fourth-order valence-corrected chi connectivity index (χ4v) is 4.81. The molecule has 0 atom stereocenters. The highest BCUT2D eigenvalue weighted by atomic mass is 32.2. The Labute approximate surface area is 160 Å². The van der Waals surface area contributed by atoms with E-state index in [1.807, 2.05) is 45.2 Å². The molecule has 3 rings (SSSR count). The summed E-state index contributed by atoms with van der Waals surface area (Å²) in [4.78, 5) is 3.38. The minimum atomic E-state index is -3.64. The molecule has 1 aromatic heterocycles. The Morgan fingerprint density at radius 1 is 1.07 bits per heavy atom. The Balaban J connectivity index is 1.93. The lowest BCUT2D eigenvalue weighted by molar-refractivity contribution is 0.309. The number of hydrogen-bond acceptors (Lipinski definition) is 4. The zero-order valence-corrected chi connectivity index (χ0v) is 16.8. The van der Waals surface area contributed by atoms with Crippen LogP contribution >= 0.6 is 0 Å². The fourth-order valence-electron chi connectivity index (χ4n) is 3.20. The molecule has 0 bridgehead atoms. The molecule has 0 aliphatic carbocycles. The van der Waals surface area contributed by atoms with Crippen molar-refractivity contribution in [3.8, 4) is 5.75 Å². The van der Waals surface area contributed by atoms with Crippen molar-refractivity contribution < 1.29 is 13.2 Å². The number of aromatic amines is 1. The Morgan fingerprint density at radius 2 is 1.78 bits per heavy atom. The maximum Gasteiger partial charge on any atom is 0.222 e. The lowest BCUT2D eigenvalue weighted by atomic mass is 10.0. The molecule has 0 radical (unpaired) electrons. The van der Waals surface area contributed by atoms with E-state index in [1.165, 1.54) is 0 Å². The average molecular weight is 387 g/mol. The summed E-state index contributed by atoms with van der Waals surface area (Å²) in [5.74, 6) is 0.756. The van der Waals surface area contributed by atoms with Crippen molar-refractivity contribution in [3.05, 3.63) is 54.1 Å². The van der Waals surface area contributed by atoms with Gasteiger partial charge in [-0.2, -0.15) is 0 Å². The van der Waals surface area contributed by atoms with E-state index >= 15 is 0 Å². The Bertz CT molecular complexity index is 1010. The number of rotatable bonds is 8. The Hall–Kier alpha value is -2.31. The normalized spacial score (nSPS) is 12.0. The number of aromatic nitrogens is 1. The molecule has 0 unspecified atom stereocenters. The molecule has 0 aliphatic heterocycles. The van der Waals surface area contributed by atoms with Crippen molar-refractivity contribution in [1.82, 2.24) is 10.3 Å². The van der Waals surface area contributed by atoms with Gasteiger partial charge in [-0.1, -0.05) is 32.0 Å². The average Bonchev–Trinajstić information content (AvgIpc) is 3.06. The van der Waals surface area contributed by atoms with Crippen LogP contribution in [-0.2, 0) is 9.84 Å². The number of sulfone groups is 1. The zero-order valence-electron chi connectivity index (χ0n) is 16.0. The third-order valence-electron chi connectivity index (χ3n) is 4.53. The largest absolute Gasteiger partial charge is 0.494 e. The van der Waals surface area contributed by atoms with E-state index in [-0.39, 0.29) is 15.8 Å². The van der Waals surface area contributed by atoms with Crippen molar-refractivity contribution in [2.24, 2.45) is 0 Å². The second kappa shape index (κ2) is 8.15. The molecular weight excluding hydrogens is 360 g/mol. The van der Waals surface area contributed by atoms with Crippen LogP contribution in [0.4, 0.5) is 0 Å². The first-order valence-electron chi connectivity index (χ1n) is 9.18. The summed E-state index contributed by atoms with van der Waals surface area (Å²) in [5.41, 5.74) is 1.67. The second-order valence-corrected chi connectivity index (χ2v) is 8.74. The van der Waals surface area contributed by atoms with Crippen LogP contribution in [0.15, 0.2) is 58.5 Å². The molecule has 144 valence electrons. The lowest BCUT2D eigenvalue weighted by Crippen LogP contribution is -2.11. The number of hydrogen-bond donors (Lipinski definition) is 2. The molecule has 0 amide bonds. The van der Waals surface area contributed by atoms with Crippen molar-refractivity contribution in [3.63, 3.8) is 0 Å². The van der Waals surface area contributed by atoms with Crippen LogP contribution in [0.1, 0.15) is 31.7 Å². The summed E-state index contributed by atoms with van der Waals surface area (Å²) < 4.78 is 32.2. The lowest BCUT2D eigenvalue weighted by Gasteiger charge is -2.10. The number of para-hydroxylation sites is 1. The Kier molecular flexibility index (Phi) is 5.87. The molecule has 3 aromatic rings. The quantitative estimate of drug-likeness (QED) is 0.572. The molecule has 0 aliphatic rings. The van der Waals surface area contributed by atoms with Gasteiger partial charge in [-0.25, -0.2) is 8.42 Å². The molecule has 1 heterocycles. The van der Waals surface area contributed by atoms with Crippen LogP contribution in [0.2, 0.25) is 0 Å². The maximum atomic E-state index is 13.3. The molecule has 6 heteroatoms. The zero-order chi connectivity index (χ0) is 19.4. The van der Waals surface area contributed by atoms with Gasteiger partial charge in [0.15, 0.2) is 0 Å². The predicted molar refractivity (Wildman–Crippen MR) is 108 cm³/mol. The van der Waals surface area contributed by atoms with E-state index < -0.39 is 9.84 Å². The van der Waals surface area contributed by atoms with Crippen molar-refractivity contribution in [1.29, 1.82) is 0 Å². The number of fused-ring (bicyclic) bond motifs is 1. The summed E-state index contributed by atoms with van der Waals surface area (Å²) >= 11 is 0. The van der Waals surface area contributed by atoms with Gasteiger partial charge in [0.25, 0.3) is 0 Å². The predicted octanol–water partition coefficient (Wildman–Crippen LogP) is 4.11. The first kappa shape index (κ1) is 19.5. The molecule has 2 N–H and O–H groups in total. The van der Waals surface area contributed by atoms with Crippen LogP contribution in [0.25, 0.3) is 10.9 Å². The summed E-state index contributed by atoms with van der Waals surface area (Å²) in [6.07, 6.45) is 0.892. The van der Waals surface area contributed by atoms with E-state index in [1.54, 1.807) is 24.3 Å². The van der Waals surface area contributed by atoms with Crippen LogP contribution in [0, 0.1) is 0 Å². The maximum absolute atomic E-state index is 13.3.